The molecule has 0 spiro atoms. The van der Waals surface area contributed by atoms with E-state index in [9.17, 15) is 4.39 Å². The van der Waals surface area contributed by atoms with Crippen LogP contribution >= 0.6 is 0 Å². The van der Waals surface area contributed by atoms with Crippen molar-refractivity contribution in [3.8, 4) is 17.8 Å². The Morgan fingerprint density at radius 3 is 2.65 bits per heavy atom. The Morgan fingerprint density at radius 2 is 2.00 bits per heavy atom. The molecular formula is C12H14FN5O2. The predicted molar refractivity (Wildman–Crippen MR) is 70.0 cm³/mol. The van der Waals surface area contributed by atoms with Gasteiger partial charge in [-0.15, -0.1) is 4.98 Å². The van der Waals surface area contributed by atoms with Crippen molar-refractivity contribution >= 4 is 5.95 Å². The standard InChI is InChI=1S/C12H14FN5O2/c1-3-19-11-15-10(18-14)16-12(17-11)20-9-5-4-8(13)6-7(9)2/h4-6H,3,14H2,1-2H3,(H,15,16,17,18). The maximum Gasteiger partial charge on any atom is 0.330 e. The molecule has 0 radical (unpaired) electrons. The molecule has 20 heavy (non-hydrogen) atoms. The summed E-state index contributed by atoms with van der Waals surface area (Å²) in [4.78, 5) is 11.8. The summed E-state index contributed by atoms with van der Waals surface area (Å²) in [5.41, 5.74) is 2.91. The molecule has 2 rings (SSSR count). The zero-order valence-electron chi connectivity index (χ0n) is 11.1. The van der Waals surface area contributed by atoms with E-state index >= 15 is 0 Å². The lowest BCUT2D eigenvalue weighted by molar-refractivity contribution is 0.303. The zero-order chi connectivity index (χ0) is 14.5. The lowest BCUT2D eigenvalue weighted by atomic mass is 10.2. The maximum absolute atomic E-state index is 13.0. The van der Waals surface area contributed by atoms with Gasteiger partial charge in [-0.25, -0.2) is 10.2 Å². The fourth-order valence-electron chi connectivity index (χ4n) is 1.47. The van der Waals surface area contributed by atoms with E-state index in [2.05, 4.69) is 20.4 Å². The largest absolute Gasteiger partial charge is 0.464 e. The molecule has 8 heteroatoms. The van der Waals surface area contributed by atoms with Gasteiger partial charge in [0.15, 0.2) is 0 Å². The smallest absolute Gasteiger partial charge is 0.330 e. The second-order valence-corrected chi connectivity index (χ2v) is 3.81. The SMILES string of the molecule is CCOc1nc(NN)nc(Oc2ccc(F)cc2C)n1. The topological polar surface area (TPSA) is 95.2 Å². The van der Waals surface area contributed by atoms with Crippen molar-refractivity contribution in [3.63, 3.8) is 0 Å². The molecular weight excluding hydrogens is 265 g/mol. The lowest BCUT2D eigenvalue weighted by Gasteiger charge is -2.09. The molecule has 0 aliphatic carbocycles. The average Bonchev–Trinajstić information content (AvgIpc) is 2.42. The number of anilines is 1. The number of hydrogen-bond donors (Lipinski definition) is 2. The molecule has 7 nitrogen and oxygen atoms in total. The van der Waals surface area contributed by atoms with Crippen molar-refractivity contribution in [2.45, 2.75) is 13.8 Å². The van der Waals surface area contributed by atoms with E-state index in [1.807, 2.05) is 0 Å². The highest BCUT2D eigenvalue weighted by atomic mass is 19.1. The summed E-state index contributed by atoms with van der Waals surface area (Å²) in [5, 5.41) is 0. The molecule has 0 bridgehead atoms. The summed E-state index contributed by atoms with van der Waals surface area (Å²) in [6, 6.07) is 4.22. The Bertz CT molecular complexity index is 608. The number of aryl methyl sites for hydroxylation is 1. The number of halogens is 1. The van der Waals surface area contributed by atoms with Crippen LogP contribution in [0, 0.1) is 12.7 Å². The number of rotatable bonds is 5. The van der Waals surface area contributed by atoms with Crippen molar-refractivity contribution in [2.75, 3.05) is 12.0 Å². The average molecular weight is 279 g/mol. The quantitative estimate of drug-likeness (QED) is 0.636. The van der Waals surface area contributed by atoms with Crippen LogP contribution in [0.25, 0.3) is 0 Å². The van der Waals surface area contributed by atoms with Gasteiger partial charge in [-0.2, -0.15) is 9.97 Å². The molecule has 0 aliphatic rings. The Morgan fingerprint density at radius 1 is 1.25 bits per heavy atom. The van der Waals surface area contributed by atoms with Gasteiger partial charge in [0.2, 0.25) is 5.95 Å². The molecule has 1 aromatic heterocycles. The summed E-state index contributed by atoms with van der Waals surface area (Å²) in [7, 11) is 0. The van der Waals surface area contributed by atoms with Crippen LogP contribution in [0.2, 0.25) is 0 Å². The summed E-state index contributed by atoms with van der Waals surface area (Å²) < 4.78 is 23.7. The molecule has 0 saturated heterocycles. The van der Waals surface area contributed by atoms with Gasteiger partial charge in [0, 0.05) is 0 Å². The van der Waals surface area contributed by atoms with Crippen LogP contribution in [-0.4, -0.2) is 21.6 Å². The molecule has 0 fully saturated rings. The number of hydrazine groups is 1. The molecule has 3 N–H and O–H groups in total. The number of ether oxygens (including phenoxy) is 2. The number of benzene rings is 1. The van der Waals surface area contributed by atoms with Crippen LogP contribution in [0.5, 0.6) is 17.8 Å². The van der Waals surface area contributed by atoms with E-state index in [1.54, 1.807) is 13.8 Å². The van der Waals surface area contributed by atoms with Gasteiger partial charge in [0.25, 0.3) is 0 Å². The summed E-state index contributed by atoms with van der Waals surface area (Å²) in [5.74, 6) is 5.46. The van der Waals surface area contributed by atoms with E-state index in [0.29, 0.717) is 17.9 Å². The van der Waals surface area contributed by atoms with Crippen molar-refractivity contribution in [3.05, 3.63) is 29.6 Å². The lowest BCUT2D eigenvalue weighted by Crippen LogP contribution is -2.12. The Hall–Kier alpha value is -2.48. The third-order valence-corrected chi connectivity index (χ3v) is 2.34. The first-order chi connectivity index (χ1) is 9.62. The van der Waals surface area contributed by atoms with Crippen molar-refractivity contribution in [1.29, 1.82) is 0 Å². The van der Waals surface area contributed by atoms with E-state index < -0.39 is 0 Å². The molecule has 0 saturated carbocycles. The zero-order valence-corrected chi connectivity index (χ0v) is 11.1. The van der Waals surface area contributed by atoms with E-state index in [-0.39, 0.29) is 23.8 Å². The number of nitrogen functional groups attached to an aromatic ring is 1. The van der Waals surface area contributed by atoms with Crippen LogP contribution in [-0.2, 0) is 0 Å². The second kappa shape index (κ2) is 6.11. The van der Waals surface area contributed by atoms with Crippen molar-refractivity contribution in [2.24, 2.45) is 5.84 Å². The first-order valence-electron chi connectivity index (χ1n) is 5.92. The first-order valence-corrected chi connectivity index (χ1v) is 5.92. The van der Waals surface area contributed by atoms with Crippen molar-refractivity contribution in [1.82, 2.24) is 15.0 Å². The van der Waals surface area contributed by atoms with E-state index in [4.69, 9.17) is 15.3 Å². The third-order valence-electron chi connectivity index (χ3n) is 2.34. The maximum atomic E-state index is 13.0. The fraction of sp³-hybridized carbons (Fsp3) is 0.250. The summed E-state index contributed by atoms with van der Waals surface area (Å²) in [6.07, 6.45) is 0. The van der Waals surface area contributed by atoms with Crippen LogP contribution < -0.4 is 20.7 Å². The van der Waals surface area contributed by atoms with Gasteiger partial charge in [0.1, 0.15) is 11.6 Å². The summed E-state index contributed by atoms with van der Waals surface area (Å²) in [6.45, 7) is 3.90. The first kappa shape index (κ1) is 13.9. The van der Waals surface area contributed by atoms with Gasteiger partial charge in [-0.3, -0.25) is 5.43 Å². The molecule has 0 amide bonds. The molecule has 0 unspecified atom stereocenters. The monoisotopic (exact) mass is 279 g/mol. The highest BCUT2D eigenvalue weighted by Gasteiger charge is 2.10. The highest BCUT2D eigenvalue weighted by Crippen LogP contribution is 2.24. The number of nitrogens with two attached hydrogens (primary N) is 1. The molecule has 1 aromatic carbocycles. The highest BCUT2D eigenvalue weighted by molar-refractivity contribution is 5.35. The van der Waals surface area contributed by atoms with Gasteiger partial charge in [0.05, 0.1) is 6.61 Å². The number of aromatic nitrogens is 3. The molecule has 2 aromatic rings. The molecule has 0 atom stereocenters. The van der Waals surface area contributed by atoms with Gasteiger partial charge >= 0.3 is 12.0 Å². The normalized spacial score (nSPS) is 10.2. The van der Waals surface area contributed by atoms with Gasteiger partial charge in [-0.05, 0) is 37.6 Å². The van der Waals surface area contributed by atoms with E-state index in [1.165, 1.54) is 18.2 Å². The third kappa shape index (κ3) is 3.29. The molecule has 106 valence electrons. The van der Waals surface area contributed by atoms with Crippen LogP contribution in [0.15, 0.2) is 18.2 Å². The summed E-state index contributed by atoms with van der Waals surface area (Å²) >= 11 is 0. The minimum atomic E-state index is -0.343. The fourth-order valence-corrected chi connectivity index (χ4v) is 1.47. The number of nitrogens with one attached hydrogen (secondary N) is 1. The van der Waals surface area contributed by atoms with Crippen LogP contribution in [0.4, 0.5) is 10.3 Å². The minimum Gasteiger partial charge on any atom is -0.464 e. The van der Waals surface area contributed by atoms with Crippen molar-refractivity contribution < 1.29 is 13.9 Å². The Kier molecular flexibility index (Phi) is 4.26. The molecule has 0 aliphatic heterocycles. The number of hydrogen-bond acceptors (Lipinski definition) is 7. The predicted octanol–water partition coefficient (Wildman–Crippen LogP) is 1.80. The van der Waals surface area contributed by atoms with E-state index in [0.717, 1.165) is 0 Å². The second-order valence-electron chi connectivity index (χ2n) is 3.81. The van der Waals surface area contributed by atoms with Crippen LogP contribution in [0.3, 0.4) is 0 Å². The van der Waals surface area contributed by atoms with Gasteiger partial charge < -0.3 is 9.47 Å². The number of nitrogens with zero attached hydrogens (tertiary/aromatic N) is 3. The minimum absolute atomic E-state index is 0.00566. The van der Waals surface area contributed by atoms with Crippen LogP contribution in [0.1, 0.15) is 12.5 Å². The molecule has 1 heterocycles. The Labute approximate surface area is 114 Å². The van der Waals surface area contributed by atoms with Gasteiger partial charge in [-0.1, -0.05) is 0 Å². The Balaban J connectivity index is 2.29.